The van der Waals surface area contributed by atoms with Gasteiger partial charge in [-0.15, -0.1) is 0 Å². The molecular formula is C9H19NO2. The third-order valence-corrected chi connectivity index (χ3v) is 2.23. The van der Waals surface area contributed by atoms with Crippen molar-refractivity contribution in [1.82, 2.24) is 0 Å². The molecule has 0 amide bonds. The fraction of sp³-hybridized carbons (Fsp3) is 1.00. The summed E-state index contributed by atoms with van der Waals surface area (Å²) in [6.45, 7) is 5.29. The normalized spacial score (nSPS) is 26.0. The summed E-state index contributed by atoms with van der Waals surface area (Å²) in [5.41, 5.74) is 5.91. The van der Waals surface area contributed by atoms with E-state index in [4.69, 9.17) is 15.2 Å². The van der Waals surface area contributed by atoms with Crippen LogP contribution in [0.5, 0.6) is 0 Å². The van der Waals surface area contributed by atoms with Crippen molar-refractivity contribution in [3.8, 4) is 0 Å². The van der Waals surface area contributed by atoms with Crippen molar-refractivity contribution in [2.75, 3.05) is 26.4 Å². The van der Waals surface area contributed by atoms with Crippen molar-refractivity contribution in [3.05, 3.63) is 0 Å². The SMILES string of the molecule is CCCOCC(N)C1CCOC1. The number of hydrogen-bond donors (Lipinski definition) is 1. The smallest absolute Gasteiger partial charge is 0.0621 e. The van der Waals surface area contributed by atoms with Gasteiger partial charge >= 0.3 is 0 Å². The van der Waals surface area contributed by atoms with Crippen LogP contribution >= 0.6 is 0 Å². The topological polar surface area (TPSA) is 44.5 Å². The van der Waals surface area contributed by atoms with Crippen LogP contribution in [0, 0.1) is 5.92 Å². The van der Waals surface area contributed by atoms with Gasteiger partial charge in [-0.1, -0.05) is 6.92 Å². The summed E-state index contributed by atoms with van der Waals surface area (Å²) in [4.78, 5) is 0. The minimum atomic E-state index is 0.166. The zero-order chi connectivity index (χ0) is 8.81. The van der Waals surface area contributed by atoms with Crippen LogP contribution in [-0.4, -0.2) is 32.5 Å². The van der Waals surface area contributed by atoms with Gasteiger partial charge in [0.15, 0.2) is 0 Å². The molecule has 0 spiro atoms. The number of ether oxygens (including phenoxy) is 2. The van der Waals surface area contributed by atoms with Gasteiger partial charge in [-0.2, -0.15) is 0 Å². The lowest BCUT2D eigenvalue weighted by Gasteiger charge is -2.16. The van der Waals surface area contributed by atoms with E-state index < -0.39 is 0 Å². The van der Waals surface area contributed by atoms with E-state index in [1.807, 2.05) is 0 Å². The molecule has 1 rings (SSSR count). The predicted octanol–water partition coefficient (Wildman–Crippen LogP) is 0.777. The lowest BCUT2D eigenvalue weighted by Crippen LogP contribution is -2.35. The quantitative estimate of drug-likeness (QED) is 0.625. The summed E-state index contributed by atoms with van der Waals surface area (Å²) in [5, 5.41) is 0. The Balaban J connectivity index is 2.05. The average Bonchev–Trinajstić information content (AvgIpc) is 2.56. The third-order valence-electron chi connectivity index (χ3n) is 2.23. The van der Waals surface area contributed by atoms with Crippen LogP contribution in [0.1, 0.15) is 19.8 Å². The Morgan fingerprint density at radius 2 is 2.50 bits per heavy atom. The first-order valence-corrected chi connectivity index (χ1v) is 4.75. The van der Waals surface area contributed by atoms with Crippen LogP contribution in [0.4, 0.5) is 0 Å². The first kappa shape index (κ1) is 9.96. The molecule has 72 valence electrons. The Bertz CT molecular complexity index is 113. The van der Waals surface area contributed by atoms with Gasteiger partial charge in [-0.25, -0.2) is 0 Å². The average molecular weight is 173 g/mol. The van der Waals surface area contributed by atoms with Gasteiger partial charge < -0.3 is 15.2 Å². The minimum absolute atomic E-state index is 0.166. The van der Waals surface area contributed by atoms with E-state index in [0.717, 1.165) is 32.7 Å². The summed E-state index contributed by atoms with van der Waals surface area (Å²) >= 11 is 0. The molecule has 0 aromatic carbocycles. The zero-order valence-electron chi connectivity index (χ0n) is 7.79. The molecule has 0 aromatic rings. The van der Waals surface area contributed by atoms with Crippen molar-refractivity contribution in [2.45, 2.75) is 25.8 Å². The fourth-order valence-corrected chi connectivity index (χ4v) is 1.39. The summed E-state index contributed by atoms with van der Waals surface area (Å²) in [6, 6.07) is 0.166. The molecule has 1 aliphatic heterocycles. The van der Waals surface area contributed by atoms with Gasteiger partial charge in [-0.05, 0) is 12.8 Å². The van der Waals surface area contributed by atoms with E-state index in [9.17, 15) is 0 Å². The minimum Gasteiger partial charge on any atom is -0.381 e. The van der Waals surface area contributed by atoms with Gasteiger partial charge in [0.2, 0.25) is 0 Å². The van der Waals surface area contributed by atoms with Crippen molar-refractivity contribution in [3.63, 3.8) is 0 Å². The second-order valence-electron chi connectivity index (χ2n) is 3.36. The van der Waals surface area contributed by atoms with Crippen molar-refractivity contribution < 1.29 is 9.47 Å². The molecule has 1 aliphatic rings. The highest BCUT2D eigenvalue weighted by Crippen LogP contribution is 2.15. The Kier molecular flexibility index (Phi) is 4.58. The highest BCUT2D eigenvalue weighted by Gasteiger charge is 2.22. The molecule has 3 heteroatoms. The molecule has 2 unspecified atom stereocenters. The molecule has 12 heavy (non-hydrogen) atoms. The largest absolute Gasteiger partial charge is 0.381 e. The Morgan fingerprint density at radius 1 is 1.67 bits per heavy atom. The van der Waals surface area contributed by atoms with Crippen LogP contribution in [0.2, 0.25) is 0 Å². The third kappa shape index (κ3) is 3.09. The molecule has 0 saturated carbocycles. The number of rotatable bonds is 5. The van der Waals surface area contributed by atoms with E-state index in [1.165, 1.54) is 0 Å². The Hall–Kier alpha value is -0.120. The lowest BCUT2D eigenvalue weighted by atomic mass is 10.0. The molecule has 0 bridgehead atoms. The van der Waals surface area contributed by atoms with Crippen molar-refractivity contribution >= 4 is 0 Å². The highest BCUT2D eigenvalue weighted by molar-refractivity contribution is 4.75. The van der Waals surface area contributed by atoms with Gasteiger partial charge in [0.25, 0.3) is 0 Å². The van der Waals surface area contributed by atoms with E-state index in [2.05, 4.69) is 6.92 Å². The van der Waals surface area contributed by atoms with Crippen LogP contribution in [0.15, 0.2) is 0 Å². The molecule has 1 saturated heterocycles. The Morgan fingerprint density at radius 3 is 3.08 bits per heavy atom. The monoisotopic (exact) mass is 173 g/mol. The van der Waals surface area contributed by atoms with Crippen LogP contribution in [0.25, 0.3) is 0 Å². The van der Waals surface area contributed by atoms with Gasteiger partial charge in [0, 0.05) is 25.2 Å². The maximum atomic E-state index is 5.91. The number of nitrogens with two attached hydrogens (primary N) is 1. The molecule has 0 radical (unpaired) electrons. The van der Waals surface area contributed by atoms with Crippen molar-refractivity contribution in [1.29, 1.82) is 0 Å². The van der Waals surface area contributed by atoms with E-state index >= 15 is 0 Å². The van der Waals surface area contributed by atoms with Gasteiger partial charge in [0.1, 0.15) is 0 Å². The summed E-state index contributed by atoms with van der Waals surface area (Å²) in [7, 11) is 0. The maximum Gasteiger partial charge on any atom is 0.0621 e. The summed E-state index contributed by atoms with van der Waals surface area (Å²) < 4.78 is 10.6. The highest BCUT2D eigenvalue weighted by atomic mass is 16.5. The van der Waals surface area contributed by atoms with E-state index in [-0.39, 0.29) is 6.04 Å². The molecule has 2 atom stereocenters. The molecular weight excluding hydrogens is 154 g/mol. The Labute approximate surface area is 74.2 Å². The molecule has 1 heterocycles. The molecule has 1 fully saturated rings. The van der Waals surface area contributed by atoms with E-state index in [0.29, 0.717) is 12.5 Å². The van der Waals surface area contributed by atoms with Crippen LogP contribution in [-0.2, 0) is 9.47 Å². The molecule has 3 nitrogen and oxygen atoms in total. The number of hydrogen-bond acceptors (Lipinski definition) is 3. The summed E-state index contributed by atoms with van der Waals surface area (Å²) in [5.74, 6) is 0.516. The molecule has 0 aliphatic carbocycles. The van der Waals surface area contributed by atoms with Crippen LogP contribution in [0.3, 0.4) is 0 Å². The zero-order valence-corrected chi connectivity index (χ0v) is 7.79. The first-order chi connectivity index (χ1) is 5.84. The second kappa shape index (κ2) is 5.51. The lowest BCUT2D eigenvalue weighted by molar-refractivity contribution is 0.0999. The predicted molar refractivity (Wildman–Crippen MR) is 48.0 cm³/mol. The fourth-order valence-electron chi connectivity index (χ4n) is 1.39. The van der Waals surface area contributed by atoms with Crippen molar-refractivity contribution in [2.24, 2.45) is 11.7 Å². The first-order valence-electron chi connectivity index (χ1n) is 4.75. The second-order valence-corrected chi connectivity index (χ2v) is 3.36. The standard InChI is InChI=1S/C9H19NO2/c1-2-4-11-7-9(10)8-3-5-12-6-8/h8-9H,2-7,10H2,1H3. The van der Waals surface area contributed by atoms with Crippen LogP contribution < -0.4 is 5.73 Å². The van der Waals surface area contributed by atoms with Gasteiger partial charge in [0.05, 0.1) is 13.2 Å². The van der Waals surface area contributed by atoms with Gasteiger partial charge in [-0.3, -0.25) is 0 Å². The summed E-state index contributed by atoms with van der Waals surface area (Å²) in [6.07, 6.45) is 2.16. The van der Waals surface area contributed by atoms with E-state index in [1.54, 1.807) is 0 Å². The maximum absolute atomic E-state index is 5.91. The molecule has 0 aromatic heterocycles. The molecule has 2 N–H and O–H groups in total.